The summed E-state index contributed by atoms with van der Waals surface area (Å²) in [5, 5.41) is 5.44. The predicted molar refractivity (Wildman–Crippen MR) is 116 cm³/mol. The van der Waals surface area contributed by atoms with E-state index in [1.165, 1.54) is 12.2 Å². The summed E-state index contributed by atoms with van der Waals surface area (Å²) >= 11 is 7.78. The quantitative estimate of drug-likeness (QED) is 0.452. The van der Waals surface area contributed by atoms with Gasteiger partial charge in [0, 0.05) is 39.1 Å². The first-order chi connectivity index (χ1) is 13.7. The van der Waals surface area contributed by atoms with Crippen LogP contribution in [-0.2, 0) is 18.0 Å². The van der Waals surface area contributed by atoms with E-state index in [-0.39, 0.29) is 5.56 Å². The van der Waals surface area contributed by atoms with E-state index >= 15 is 0 Å². The van der Waals surface area contributed by atoms with Crippen LogP contribution in [0.4, 0.5) is 0 Å². The van der Waals surface area contributed by atoms with Crippen LogP contribution in [0.2, 0.25) is 0 Å². The number of rotatable bonds is 6. The van der Waals surface area contributed by atoms with Gasteiger partial charge in [0.1, 0.15) is 0 Å². The summed E-state index contributed by atoms with van der Waals surface area (Å²) in [7, 11) is 1.67. The van der Waals surface area contributed by atoms with Crippen LogP contribution in [0.5, 0.6) is 0 Å². The number of hydrogen-bond acceptors (Lipinski definition) is 6. The topological polar surface area (TPSA) is 56.7 Å². The standard InChI is InChI=1S/C19H25N5O2S2/c1-26-11-4-9-22-17(25)15-6-2-3-7-16(15)24-18(22)20-23(19(24)27)14-21-8-5-12-28-13-10-21/h2-3,6-7H,4-5,8-14H2,1H3. The van der Waals surface area contributed by atoms with Crippen LogP contribution in [-0.4, -0.2) is 62.0 Å². The Kier molecular flexibility index (Phi) is 6.15. The van der Waals surface area contributed by atoms with E-state index in [9.17, 15) is 4.79 Å². The highest BCUT2D eigenvalue weighted by molar-refractivity contribution is 7.99. The minimum atomic E-state index is -0.0301. The van der Waals surface area contributed by atoms with Crippen LogP contribution in [0.1, 0.15) is 12.8 Å². The van der Waals surface area contributed by atoms with Crippen LogP contribution < -0.4 is 5.56 Å². The molecule has 0 amide bonds. The van der Waals surface area contributed by atoms with Gasteiger partial charge in [-0.3, -0.25) is 18.7 Å². The molecule has 28 heavy (non-hydrogen) atoms. The number of benzene rings is 1. The van der Waals surface area contributed by atoms with E-state index in [4.69, 9.17) is 22.1 Å². The molecule has 150 valence electrons. The molecule has 0 saturated carbocycles. The Morgan fingerprint density at radius 3 is 2.96 bits per heavy atom. The van der Waals surface area contributed by atoms with Gasteiger partial charge in [0.05, 0.1) is 17.6 Å². The van der Waals surface area contributed by atoms with Crippen molar-refractivity contribution in [3.8, 4) is 0 Å². The molecule has 3 aromatic rings. The Morgan fingerprint density at radius 2 is 2.11 bits per heavy atom. The van der Waals surface area contributed by atoms with Crippen molar-refractivity contribution < 1.29 is 4.74 Å². The number of aryl methyl sites for hydroxylation is 1. The first-order valence-electron chi connectivity index (χ1n) is 9.61. The molecule has 0 bridgehead atoms. The molecule has 0 spiro atoms. The molecule has 2 aromatic heterocycles. The van der Waals surface area contributed by atoms with E-state index in [2.05, 4.69) is 4.90 Å². The molecule has 4 rings (SSSR count). The molecule has 9 heteroatoms. The third-order valence-electron chi connectivity index (χ3n) is 5.06. The fourth-order valence-electron chi connectivity index (χ4n) is 3.66. The van der Waals surface area contributed by atoms with Crippen molar-refractivity contribution in [1.82, 2.24) is 23.6 Å². The summed E-state index contributed by atoms with van der Waals surface area (Å²) in [5.41, 5.74) is 0.783. The van der Waals surface area contributed by atoms with Gasteiger partial charge in [0.15, 0.2) is 0 Å². The number of hydrogen-bond donors (Lipinski definition) is 0. The molecule has 3 heterocycles. The minimum Gasteiger partial charge on any atom is -0.385 e. The lowest BCUT2D eigenvalue weighted by molar-refractivity contribution is 0.190. The first kappa shape index (κ1) is 19.6. The smallest absolute Gasteiger partial charge is 0.262 e. The van der Waals surface area contributed by atoms with Gasteiger partial charge in [0.2, 0.25) is 10.5 Å². The van der Waals surface area contributed by atoms with Crippen LogP contribution in [0.3, 0.4) is 0 Å². The molecule has 1 saturated heterocycles. The first-order valence-corrected chi connectivity index (χ1v) is 11.2. The van der Waals surface area contributed by atoms with Gasteiger partial charge in [0.25, 0.3) is 5.56 Å². The number of methoxy groups -OCH3 is 1. The highest BCUT2D eigenvalue weighted by Crippen LogP contribution is 2.16. The highest BCUT2D eigenvalue weighted by atomic mass is 32.2. The molecule has 1 aliphatic rings. The summed E-state index contributed by atoms with van der Waals surface area (Å²) in [6, 6.07) is 7.61. The van der Waals surface area contributed by atoms with Crippen LogP contribution in [0, 0.1) is 4.77 Å². The largest absolute Gasteiger partial charge is 0.385 e. The van der Waals surface area contributed by atoms with Crippen molar-refractivity contribution >= 4 is 40.7 Å². The Hall–Kier alpha value is -1.68. The third kappa shape index (κ3) is 3.76. The van der Waals surface area contributed by atoms with E-state index in [0.717, 1.165) is 30.8 Å². The SMILES string of the molecule is COCCCn1c(=O)c2ccccc2n2c(=S)n(CN3CCCSCC3)nc12. The van der Waals surface area contributed by atoms with Crippen molar-refractivity contribution in [2.75, 3.05) is 38.3 Å². The summed E-state index contributed by atoms with van der Waals surface area (Å²) in [6.45, 7) is 3.87. The minimum absolute atomic E-state index is 0.0301. The lowest BCUT2D eigenvalue weighted by Gasteiger charge is -2.18. The van der Waals surface area contributed by atoms with Gasteiger partial charge >= 0.3 is 0 Å². The number of ether oxygens (including phenoxy) is 1. The fourth-order valence-corrected chi connectivity index (χ4v) is 4.86. The molecular formula is C19H25N5O2S2. The normalized spacial score (nSPS) is 16.0. The van der Waals surface area contributed by atoms with Gasteiger partial charge in [-0.05, 0) is 42.9 Å². The third-order valence-corrected chi connectivity index (χ3v) is 6.51. The monoisotopic (exact) mass is 419 g/mol. The van der Waals surface area contributed by atoms with E-state index < -0.39 is 0 Å². The second-order valence-electron chi connectivity index (χ2n) is 6.96. The predicted octanol–water partition coefficient (Wildman–Crippen LogP) is 2.61. The Balaban J connectivity index is 1.84. The maximum absolute atomic E-state index is 13.1. The average molecular weight is 420 g/mol. The Morgan fingerprint density at radius 1 is 1.25 bits per heavy atom. The molecule has 1 aromatic carbocycles. The molecule has 7 nitrogen and oxygen atoms in total. The van der Waals surface area contributed by atoms with Crippen molar-refractivity contribution in [2.45, 2.75) is 26.1 Å². The summed E-state index contributed by atoms with van der Waals surface area (Å²) in [4.78, 5) is 15.5. The Labute approximate surface area is 172 Å². The fraction of sp³-hybridized carbons (Fsp3) is 0.526. The number of fused-ring (bicyclic) bond motifs is 3. The molecule has 0 atom stereocenters. The van der Waals surface area contributed by atoms with Crippen molar-refractivity contribution in [3.63, 3.8) is 0 Å². The lowest BCUT2D eigenvalue weighted by atomic mass is 10.2. The van der Waals surface area contributed by atoms with Gasteiger partial charge in [-0.2, -0.15) is 11.8 Å². The zero-order chi connectivity index (χ0) is 19.5. The van der Waals surface area contributed by atoms with Crippen LogP contribution in [0.15, 0.2) is 29.1 Å². The van der Waals surface area contributed by atoms with Gasteiger partial charge in [-0.1, -0.05) is 12.1 Å². The summed E-state index contributed by atoms with van der Waals surface area (Å²) in [5.74, 6) is 2.94. The second-order valence-corrected chi connectivity index (χ2v) is 8.55. The Bertz CT molecular complexity index is 1080. The second kappa shape index (κ2) is 8.77. The van der Waals surface area contributed by atoms with E-state index in [0.29, 0.717) is 35.8 Å². The zero-order valence-electron chi connectivity index (χ0n) is 16.0. The van der Waals surface area contributed by atoms with Crippen LogP contribution in [0.25, 0.3) is 16.7 Å². The van der Waals surface area contributed by atoms with Gasteiger partial charge in [-0.25, -0.2) is 4.68 Å². The molecule has 1 aliphatic heterocycles. The highest BCUT2D eigenvalue weighted by Gasteiger charge is 2.17. The molecule has 0 unspecified atom stereocenters. The molecule has 0 aliphatic carbocycles. The summed E-state index contributed by atoms with van der Waals surface area (Å²) in [6.07, 6.45) is 1.92. The van der Waals surface area contributed by atoms with Crippen molar-refractivity contribution in [1.29, 1.82) is 0 Å². The molecule has 0 radical (unpaired) electrons. The number of nitrogens with zero attached hydrogens (tertiary/aromatic N) is 5. The summed E-state index contributed by atoms with van der Waals surface area (Å²) < 4.78 is 11.3. The van der Waals surface area contributed by atoms with E-state index in [1.807, 2.05) is 45.1 Å². The average Bonchev–Trinajstić information content (AvgIpc) is 2.87. The zero-order valence-corrected chi connectivity index (χ0v) is 17.7. The van der Waals surface area contributed by atoms with Crippen LogP contribution >= 0.6 is 24.0 Å². The van der Waals surface area contributed by atoms with Crippen molar-refractivity contribution in [3.05, 3.63) is 39.4 Å². The molecular weight excluding hydrogens is 394 g/mol. The van der Waals surface area contributed by atoms with Gasteiger partial charge < -0.3 is 4.74 Å². The number of para-hydroxylation sites is 1. The molecule has 1 fully saturated rings. The van der Waals surface area contributed by atoms with Gasteiger partial charge in [-0.15, -0.1) is 5.10 Å². The lowest BCUT2D eigenvalue weighted by Crippen LogP contribution is -2.29. The molecule has 0 N–H and O–H groups in total. The maximum Gasteiger partial charge on any atom is 0.262 e. The van der Waals surface area contributed by atoms with Crippen molar-refractivity contribution in [2.24, 2.45) is 0 Å². The maximum atomic E-state index is 13.1. The van der Waals surface area contributed by atoms with E-state index in [1.54, 1.807) is 11.7 Å². The number of thioether (sulfide) groups is 1. The number of aromatic nitrogens is 4.